The molecule has 118 valence electrons. The molecular formula is C14H15ClFN3O2S. The van der Waals surface area contributed by atoms with Crippen LogP contribution in [0.4, 0.5) is 9.18 Å². The minimum atomic E-state index is -1.01. The standard InChI is InChI=1S/C14H15ClFN3O2S/c1-8-13(22-7-19-8)6-18-14(21)17-5-12(20)9-2-3-10(15)11(16)4-9/h2-4,7,12,20H,5-6H2,1H3,(H2,17,18,21). The quantitative estimate of drug-likeness (QED) is 0.781. The number of hydrogen-bond acceptors (Lipinski definition) is 4. The van der Waals surface area contributed by atoms with Gasteiger partial charge in [-0.2, -0.15) is 0 Å². The lowest BCUT2D eigenvalue weighted by molar-refractivity contribution is 0.172. The number of nitrogens with zero attached hydrogens (tertiary/aromatic N) is 1. The Balaban J connectivity index is 1.80. The number of rotatable bonds is 5. The topological polar surface area (TPSA) is 74.2 Å². The smallest absolute Gasteiger partial charge is 0.315 e. The van der Waals surface area contributed by atoms with Crippen molar-refractivity contribution >= 4 is 29.0 Å². The number of nitrogens with one attached hydrogen (secondary N) is 2. The molecule has 0 aliphatic rings. The van der Waals surface area contributed by atoms with Crippen molar-refractivity contribution in [3.05, 3.63) is 50.7 Å². The fraction of sp³-hybridized carbons (Fsp3) is 0.286. The van der Waals surface area contributed by atoms with Crippen LogP contribution in [0, 0.1) is 12.7 Å². The van der Waals surface area contributed by atoms with E-state index in [9.17, 15) is 14.3 Å². The Morgan fingerprint density at radius 1 is 1.50 bits per heavy atom. The molecule has 8 heteroatoms. The molecule has 2 rings (SSSR count). The molecule has 0 saturated carbocycles. The monoisotopic (exact) mass is 343 g/mol. The fourth-order valence-electron chi connectivity index (χ4n) is 1.75. The Labute approximate surface area is 136 Å². The van der Waals surface area contributed by atoms with Crippen LogP contribution < -0.4 is 10.6 Å². The number of aryl methyl sites for hydroxylation is 1. The molecule has 0 aliphatic heterocycles. The normalized spacial score (nSPS) is 12.0. The Morgan fingerprint density at radius 2 is 2.27 bits per heavy atom. The van der Waals surface area contributed by atoms with Crippen LogP contribution in [-0.4, -0.2) is 22.7 Å². The van der Waals surface area contributed by atoms with Gasteiger partial charge < -0.3 is 15.7 Å². The summed E-state index contributed by atoms with van der Waals surface area (Å²) >= 11 is 7.03. The van der Waals surface area contributed by atoms with E-state index in [0.717, 1.165) is 16.6 Å². The summed E-state index contributed by atoms with van der Waals surface area (Å²) in [5, 5.41) is 15.1. The highest BCUT2D eigenvalue weighted by atomic mass is 35.5. The number of hydrogen-bond donors (Lipinski definition) is 3. The maximum Gasteiger partial charge on any atom is 0.315 e. The van der Waals surface area contributed by atoms with Crippen LogP contribution in [0.25, 0.3) is 0 Å². The molecule has 0 saturated heterocycles. The lowest BCUT2D eigenvalue weighted by Crippen LogP contribution is -2.37. The summed E-state index contributed by atoms with van der Waals surface area (Å²) in [5.74, 6) is -0.608. The summed E-state index contributed by atoms with van der Waals surface area (Å²) in [4.78, 5) is 16.7. The number of aliphatic hydroxyl groups excluding tert-OH is 1. The second-order valence-electron chi connectivity index (χ2n) is 4.61. The van der Waals surface area contributed by atoms with Gasteiger partial charge in [-0.1, -0.05) is 17.7 Å². The molecule has 3 N–H and O–H groups in total. The van der Waals surface area contributed by atoms with E-state index < -0.39 is 18.0 Å². The minimum absolute atomic E-state index is 0.0124. The van der Waals surface area contributed by atoms with Crippen LogP contribution in [0.15, 0.2) is 23.7 Å². The first-order valence-corrected chi connectivity index (χ1v) is 7.77. The van der Waals surface area contributed by atoms with Crippen LogP contribution >= 0.6 is 22.9 Å². The Bertz CT molecular complexity index is 665. The number of carbonyl (C=O) groups is 1. The van der Waals surface area contributed by atoms with Gasteiger partial charge in [-0.15, -0.1) is 11.3 Å². The molecule has 0 fully saturated rings. The van der Waals surface area contributed by atoms with Crippen LogP contribution in [-0.2, 0) is 6.54 Å². The zero-order valence-electron chi connectivity index (χ0n) is 11.8. The number of aromatic nitrogens is 1. The summed E-state index contributed by atoms with van der Waals surface area (Å²) in [5.41, 5.74) is 2.94. The molecule has 0 spiro atoms. The zero-order valence-corrected chi connectivity index (χ0v) is 13.3. The van der Waals surface area contributed by atoms with Gasteiger partial charge in [0, 0.05) is 11.4 Å². The fourth-order valence-corrected chi connectivity index (χ4v) is 2.58. The highest BCUT2D eigenvalue weighted by Crippen LogP contribution is 2.19. The van der Waals surface area contributed by atoms with Gasteiger partial charge in [0.1, 0.15) is 5.82 Å². The van der Waals surface area contributed by atoms with Gasteiger partial charge >= 0.3 is 6.03 Å². The van der Waals surface area contributed by atoms with E-state index in [1.807, 2.05) is 6.92 Å². The number of urea groups is 1. The molecule has 1 heterocycles. The molecule has 0 bridgehead atoms. The van der Waals surface area contributed by atoms with E-state index in [4.69, 9.17) is 11.6 Å². The van der Waals surface area contributed by atoms with Crippen LogP contribution in [0.1, 0.15) is 22.2 Å². The molecule has 0 radical (unpaired) electrons. The predicted molar refractivity (Wildman–Crippen MR) is 83.5 cm³/mol. The van der Waals surface area contributed by atoms with Crippen molar-refractivity contribution in [2.75, 3.05) is 6.54 Å². The molecule has 1 aromatic carbocycles. The Morgan fingerprint density at radius 3 is 2.91 bits per heavy atom. The predicted octanol–water partition coefficient (Wildman–Crippen LogP) is 2.78. The van der Waals surface area contributed by atoms with E-state index in [1.165, 1.54) is 23.5 Å². The largest absolute Gasteiger partial charge is 0.387 e. The second kappa shape index (κ2) is 7.53. The lowest BCUT2D eigenvalue weighted by atomic mass is 10.1. The van der Waals surface area contributed by atoms with E-state index in [-0.39, 0.29) is 11.6 Å². The van der Waals surface area contributed by atoms with Crippen molar-refractivity contribution in [3.63, 3.8) is 0 Å². The molecule has 1 unspecified atom stereocenters. The third kappa shape index (κ3) is 4.40. The highest BCUT2D eigenvalue weighted by molar-refractivity contribution is 7.09. The average Bonchev–Trinajstić information content (AvgIpc) is 2.90. The van der Waals surface area contributed by atoms with E-state index >= 15 is 0 Å². The number of benzene rings is 1. The number of carbonyl (C=O) groups excluding carboxylic acids is 1. The van der Waals surface area contributed by atoms with Crippen molar-refractivity contribution in [1.29, 1.82) is 0 Å². The second-order valence-corrected chi connectivity index (χ2v) is 5.96. The molecule has 2 aromatic rings. The lowest BCUT2D eigenvalue weighted by Gasteiger charge is -2.13. The average molecular weight is 344 g/mol. The maximum atomic E-state index is 13.3. The maximum absolute atomic E-state index is 13.3. The van der Waals surface area contributed by atoms with Crippen molar-refractivity contribution in [3.8, 4) is 0 Å². The van der Waals surface area contributed by atoms with Crippen molar-refractivity contribution in [2.24, 2.45) is 0 Å². The summed E-state index contributed by atoms with van der Waals surface area (Å²) in [7, 11) is 0. The highest BCUT2D eigenvalue weighted by Gasteiger charge is 2.12. The Kier molecular flexibility index (Phi) is 5.70. The number of amides is 2. The molecule has 0 aliphatic carbocycles. The SMILES string of the molecule is Cc1ncsc1CNC(=O)NCC(O)c1ccc(Cl)c(F)c1. The minimum Gasteiger partial charge on any atom is -0.387 e. The third-order valence-electron chi connectivity index (χ3n) is 3.04. The van der Waals surface area contributed by atoms with Crippen LogP contribution in [0.3, 0.4) is 0 Å². The van der Waals surface area contributed by atoms with Gasteiger partial charge in [0.2, 0.25) is 0 Å². The zero-order chi connectivity index (χ0) is 16.1. The summed E-state index contributed by atoms with van der Waals surface area (Å²) in [6, 6.07) is 3.60. The summed E-state index contributed by atoms with van der Waals surface area (Å²) in [6.45, 7) is 2.20. The van der Waals surface area contributed by atoms with Crippen molar-refractivity contribution in [2.45, 2.75) is 19.6 Å². The van der Waals surface area contributed by atoms with Crippen LogP contribution in [0.2, 0.25) is 5.02 Å². The first-order chi connectivity index (χ1) is 10.5. The number of halogens is 2. The van der Waals surface area contributed by atoms with Gasteiger partial charge in [-0.05, 0) is 24.6 Å². The van der Waals surface area contributed by atoms with Gasteiger partial charge in [-0.25, -0.2) is 14.2 Å². The first kappa shape index (κ1) is 16.7. The summed E-state index contributed by atoms with van der Waals surface area (Å²) < 4.78 is 13.3. The Hall–Kier alpha value is -1.70. The molecule has 1 aromatic heterocycles. The third-order valence-corrected chi connectivity index (χ3v) is 4.28. The van der Waals surface area contributed by atoms with Gasteiger partial charge in [0.25, 0.3) is 0 Å². The number of thiazole rings is 1. The van der Waals surface area contributed by atoms with Crippen molar-refractivity contribution in [1.82, 2.24) is 15.6 Å². The molecule has 2 amide bonds. The summed E-state index contributed by atoms with van der Waals surface area (Å²) in [6.07, 6.45) is -1.01. The molecular weight excluding hydrogens is 329 g/mol. The first-order valence-electron chi connectivity index (χ1n) is 6.51. The van der Waals surface area contributed by atoms with E-state index in [0.29, 0.717) is 12.1 Å². The van der Waals surface area contributed by atoms with Crippen LogP contribution in [0.5, 0.6) is 0 Å². The molecule has 5 nitrogen and oxygen atoms in total. The number of aliphatic hydroxyl groups is 1. The van der Waals surface area contributed by atoms with E-state index in [2.05, 4.69) is 15.6 Å². The van der Waals surface area contributed by atoms with Gasteiger partial charge in [0.15, 0.2) is 0 Å². The van der Waals surface area contributed by atoms with Gasteiger partial charge in [0.05, 0.1) is 28.9 Å². The van der Waals surface area contributed by atoms with E-state index in [1.54, 1.807) is 5.51 Å². The van der Waals surface area contributed by atoms with Gasteiger partial charge in [-0.3, -0.25) is 0 Å². The molecule has 1 atom stereocenters. The van der Waals surface area contributed by atoms with Crippen molar-refractivity contribution < 1.29 is 14.3 Å². The molecule has 22 heavy (non-hydrogen) atoms.